The molecule has 0 heterocycles. The molecule has 0 aliphatic carbocycles. The van der Waals surface area contributed by atoms with E-state index in [1.165, 1.54) is 18.3 Å². The summed E-state index contributed by atoms with van der Waals surface area (Å²) in [6, 6.07) is 6.40. The number of hydrogen-bond donors (Lipinski definition) is 2. The number of non-ortho nitro benzene ring substituents is 1. The molecule has 0 saturated heterocycles. The molecule has 0 bridgehead atoms. The fourth-order valence-corrected chi connectivity index (χ4v) is 1.47. The SMILES string of the molecule is CC(C)NC(=S)NN=Cc1cccc([N+](=O)[O-])c1. The maximum absolute atomic E-state index is 10.6. The summed E-state index contributed by atoms with van der Waals surface area (Å²) in [7, 11) is 0. The van der Waals surface area contributed by atoms with Gasteiger partial charge < -0.3 is 5.32 Å². The Morgan fingerprint density at radius 2 is 2.28 bits per heavy atom. The molecule has 1 aromatic carbocycles. The number of nitro groups is 1. The molecule has 1 aromatic rings. The number of nitro benzene ring substituents is 1. The molecule has 0 atom stereocenters. The second kappa shape index (κ2) is 6.65. The molecule has 0 spiro atoms. The zero-order valence-corrected chi connectivity index (χ0v) is 10.9. The van der Waals surface area contributed by atoms with Crippen molar-refractivity contribution in [3.63, 3.8) is 0 Å². The van der Waals surface area contributed by atoms with Gasteiger partial charge in [0, 0.05) is 23.7 Å². The van der Waals surface area contributed by atoms with Crippen LogP contribution in [0.5, 0.6) is 0 Å². The highest BCUT2D eigenvalue weighted by Gasteiger charge is 2.03. The fourth-order valence-electron chi connectivity index (χ4n) is 1.18. The van der Waals surface area contributed by atoms with Crippen LogP contribution in [0, 0.1) is 10.1 Å². The normalized spacial score (nSPS) is 10.6. The number of nitrogens with one attached hydrogen (secondary N) is 2. The van der Waals surface area contributed by atoms with Crippen LogP contribution in [0.4, 0.5) is 5.69 Å². The maximum Gasteiger partial charge on any atom is 0.270 e. The number of hydrazone groups is 1. The third-order valence-electron chi connectivity index (χ3n) is 1.88. The second-order valence-corrected chi connectivity index (χ2v) is 4.26. The third kappa shape index (κ3) is 4.88. The van der Waals surface area contributed by atoms with Crippen LogP contribution in [0.25, 0.3) is 0 Å². The van der Waals surface area contributed by atoms with Crippen molar-refractivity contribution in [3.8, 4) is 0 Å². The van der Waals surface area contributed by atoms with Crippen molar-refractivity contribution in [2.75, 3.05) is 0 Å². The first kappa shape index (κ1) is 14.0. The summed E-state index contributed by atoms with van der Waals surface area (Å²) in [5, 5.41) is 17.8. The molecular formula is C11H14N4O2S. The Balaban J connectivity index is 2.59. The van der Waals surface area contributed by atoms with Gasteiger partial charge in [0.1, 0.15) is 0 Å². The quantitative estimate of drug-likeness (QED) is 0.376. The molecule has 0 amide bonds. The van der Waals surface area contributed by atoms with Crippen molar-refractivity contribution < 1.29 is 4.92 Å². The first-order valence-corrected chi connectivity index (χ1v) is 5.74. The summed E-state index contributed by atoms with van der Waals surface area (Å²) >= 11 is 4.97. The number of benzene rings is 1. The van der Waals surface area contributed by atoms with Gasteiger partial charge in [-0.2, -0.15) is 5.10 Å². The minimum Gasteiger partial charge on any atom is -0.359 e. The molecule has 1 rings (SSSR count). The van der Waals surface area contributed by atoms with Crippen LogP contribution < -0.4 is 10.7 Å². The second-order valence-electron chi connectivity index (χ2n) is 3.85. The zero-order chi connectivity index (χ0) is 13.5. The van der Waals surface area contributed by atoms with Gasteiger partial charge in [-0.05, 0) is 26.1 Å². The highest BCUT2D eigenvalue weighted by molar-refractivity contribution is 7.80. The minimum absolute atomic E-state index is 0.0295. The minimum atomic E-state index is -0.449. The molecule has 6 nitrogen and oxygen atoms in total. The molecule has 0 aliphatic rings. The summed E-state index contributed by atoms with van der Waals surface area (Å²) in [6.07, 6.45) is 1.47. The number of rotatable bonds is 4. The van der Waals surface area contributed by atoms with Crippen LogP contribution >= 0.6 is 12.2 Å². The Labute approximate surface area is 110 Å². The number of hydrogen-bond acceptors (Lipinski definition) is 4. The summed E-state index contributed by atoms with van der Waals surface area (Å²) in [5.74, 6) is 0. The van der Waals surface area contributed by atoms with Gasteiger partial charge in [0.15, 0.2) is 5.11 Å². The lowest BCUT2D eigenvalue weighted by molar-refractivity contribution is -0.384. The van der Waals surface area contributed by atoms with E-state index in [2.05, 4.69) is 15.8 Å². The lowest BCUT2D eigenvalue weighted by Gasteiger charge is -2.09. The average molecular weight is 266 g/mol. The maximum atomic E-state index is 10.6. The fraction of sp³-hybridized carbons (Fsp3) is 0.273. The highest BCUT2D eigenvalue weighted by atomic mass is 32.1. The van der Waals surface area contributed by atoms with Gasteiger partial charge in [-0.15, -0.1) is 0 Å². The van der Waals surface area contributed by atoms with E-state index in [0.717, 1.165) is 0 Å². The molecular weight excluding hydrogens is 252 g/mol. The first-order chi connectivity index (χ1) is 8.49. The van der Waals surface area contributed by atoms with Crippen LogP contribution in [0.1, 0.15) is 19.4 Å². The lowest BCUT2D eigenvalue weighted by Crippen LogP contribution is -2.36. The summed E-state index contributed by atoms with van der Waals surface area (Å²) in [6.45, 7) is 3.91. The van der Waals surface area contributed by atoms with Gasteiger partial charge in [-0.25, -0.2) is 0 Å². The smallest absolute Gasteiger partial charge is 0.270 e. The van der Waals surface area contributed by atoms with E-state index in [1.807, 2.05) is 13.8 Å². The Bertz CT molecular complexity index is 474. The van der Waals surface area contributed by atoms with Gasteiger partial charge >= 0.3 is 0 Å². The van der Waals surface area contributed by atoms with Gasteiger partial charge in [0.2, 0.25) is 0 Å². The number of nitrogens with zero attached hydrogens (tertiary/aromatic N) is 2. The molecule has 0 radical (unpaired) electrons. The van der Waals surface area contributed by atoms with Gasteiger partial charge in [-0.1, -0.05) is 12.1 Å². The average Bonchev–Trinajstić information content (AvgIpc) is 2.28. The Morgan fingerprint density at radius 1 is 1.56 bits per heavy atom. The monoisotopic (exact) mass is 266 g/mol. The predicted molar refractivity (Wildman–Crippen MR) is 74.7 cm³/mol. The topological polar surface area (TPSA) is 79.6 Å². The molecule has 96 valence electrons. The van der Waals surface area contributed by atoms with Crippen molar-refractivity contribution in [2.24, 2.45) is 5.10 Å². The van der Waals surface area contributed by atoms with Crippen molar-refractivity contribution >= 4 is 29.2 Å². The van der Waals surface area contributed by atoms with E-state index in [1.54, 1.807) is 12.1 Å². The van der Waals surface area contributed by atoms with E-state index in [-0.39, 0.29) is 11.7 Å². The largest absolute Gasteiger partial charge is 0.359 e. The predicted octanol–water partition coefficient (Wildman–Crippen LogP) is 1.80. The molecule has 0 aromatic heterocycles. The molecule has 0 unspecified atom stereocenters. The van der Waals surface area contributed by atoms with Crippen molar-refractivity contribution in [3.05, 3.63) is 39.9 Å². The highest BCUT2D eigenvalue weighted by Crippen LogP contribution is 2.11. The zero-order valence-electron chi connectivity index (χ0n) is 10.1. The van der Waals surface area contributed by atoms with Crippen LogP contribution in [-0.2, 0) is 0 Å². The number of thiocarbonyl (C=S) groups is 1. The standard InChI is InChI=1S/C11H14N4O2S/c1-8(2)13-11(18)14-12-7-9-4-3-5-10(6-9)15(16)17/h3-8H,1-2H3,(H2,13,14,18). The van der Waals surface area contributed by atoms with Gasteiger partial charge in [0.25, 0.3) is 5.69 Å². The summed E-state index contributed by atoms with van der Waals surface area (Å²) in [4.78, 5) is 10.1. The molecule has 0 fully saturated rings. The summed E-state index contributed by atoms with van der Waals surface area (Å²) < 4.78 is 0. The van der Waals surface area contributed by atoms with E-state index in [0.29, 0.717) is 10.7 Å². The summed E-state index contributed by atoms with van der Waals surface area (Å²) in [5.41, 5.74) is 3.29. The molecule has 18 heavy (non-hydrogen) atoms. The molecule has 0 saturated carbocycles. The third-order valence-corrected chi connectivity index (χ3v) is 2.09. The van der Waals surface area contributed by atoms with E-state index < -0.39 is 4.92 Å². The lowest BCUT2D eigenvalue weighted by atomic mass is 10.2. The van der Waals surface area contributed by atoms with Crippen molar-refractivity contribution in [2.45, 2.75) is 19.9 Å². The van der Waals surface area contributed by atoms with Crippen LogP contribution in [0.3, 0.4) is 0 Å². The van der Waals surface area contributed by atoms with Gasteiger partial charge in [0.05, 0.1) is 11.1 Å². The van der Waals surface area contributed by atoms with E-state index in [9.17, 15) is 10.1 Å². The van der Waals surface area contributed by atoms with Crippen LogP contribution in [0.15, 0.2) is 29.4 Å². The van der Waals surface area contributed by atoms with Gasteiger partial charge in [-0.3, -0.25) is 15.5 Å². The molecule has 7 heteroatoms. The van der Waals surface area contributed by atoms with E-state index >= 15 is 0 Å². The first-order valence-electron chi connectivity index (χ1n) is 5.33. The Hall–Kier alpha value is -2.02. The molecule has 0 aliphatic heterocycles. The van der Waals surface area contributed by atoms with Crippen molar-refractivity contribution in [1.82, 2.24) is 10.7 Å². The Morgan fingerprint density at radius 3 is 2.89 bits per heavy atom. The van der Waals surface area contributed by atoms with Crippen molar-refractivity contribution in [1.29, 1.82) is 0 Å². The Kier molecular flexibility index (Phi) is 5.19. The van der Waals surface area contributed by atoms with E-state index in [4.69, 9.17) is 12.2 Å². The van der Waals surface area contributed by atoms with Crippen LogP contribution in [0.2, 0.25) is 0 Å². The van der Waals surface area contributed by atoms with Crippen LogP contribution in [-0.4, -0.2) is 22.3 Å². The molecule has 2 N–H and O–H groups in total.